The Hall–Kier alpha value is -1.10. The molecule has 1 heterocycles. The Morgan fingerprint density at radius 1 is 1.71 bits per heavy atom. The first-order valence-electron chi connectivity index (χ1n) is 4.76. The third-order valence-electron chi connectivity index (χ3n) is 1.87. The highest BCUT2D eigenvalue weighted by molar-refractivity contribution is 5.66. The summed E-state index contributed by atoms with van der Waals surface area (Å²) < 4.78 is 0. The van der Waals surface area contributed by atoms with Crippen LogP contribution >= 0.6 is 0 Å². The highest BCUT2D eigenvalue weighted by Gasteiger charge is 2.15. The number of amides is 1. The summed E-state index contributed by atoms with van der Waals surface area (Å²) in [5.41, 5.74) is 5.50. The van der Waals surface area contributed by atoms with Gasteiger partial charge in [0.05, 0.1) is 0 Å². The number of carboxylic acid groups (broad SMARTS) is 1. The lowest BCUT2D eigenvalue weighted by Gasteiger charge is -2.04. The number of rotatable bonds is 3. The number of nitrogens with two attached hydrogens (primary N) is 1. The van der Waals surface area contributed by atoms with Gasteiger partial charge in [-0.15, -0.1) is 0 Å². The summed E-state index contributed by atoms with van der Waals surface area (Å²) in [4.78, 5) is 21.3. The van der Waals surface area contributed by atoms with Gasteiger partial charge in [-0.05, 0) is 12.8 Å². The quantitative estimate of drug-likeness (QED) is 0.633. The molecule has 1 aliphatic heterocycles. The minimum atomic E-state index is -0.711. The van der Waals surface area contributed by atoms with Crippen LogP contribution in [-0.2, 0) is 9.59 Å². The maximum atomic E-state index is 10.0. The Kier molecular flexibility index (Phi) is 6.74. The zero-order valence-electron chi connectivity index (χ0n) is 8.48. The van der Waals surface area contributed by atoms with E-state index in [1.54, 1.807) is 4.90 Å². The van der Waals surface area contributed by atoms with E-state index >= 15 is 0 Å². The van der Waals surface area contributed by atoms with Gasteiger partial charge in [0.15, 0.2) is 0 Å². The van der Waals surface area contributed by atoms with Gasteiger partial charge in [0.2, 0.25) is 6.41 Å². The van der Waals surface area contributed by atoms with Gasteiger partial charge in [0, 0.05) is 25.6 Å². The molecule has 5 nitrogen and oxygen atoms in total. The van der Waals surface area contributed by atoms with Crippen LogP contribution in [0.15, 0.2) is 0 Å². The largest absolute Gasteiger partial charge is 0.481 e. The summed E-state index contributed by atoms with van der Waals surface area (Å²) in [6.45, 7) is 3.42. The van der Waals surface area contributed by atoms with Crippen molar-refractivity contribution in [2.45, 2.75) is 32.2 Å². The zero-order chi connectivity index (χ0) is 11.0. The van der Waals surface area contributed by atoms with E-state index < -0.39 is 5.97 Å². The number of carboxylic acids is 1. The van der Waals surface area contributed by atoms with E-state index in [1.165, 1.54) is 0 Å². The van der Waals surface area contributed by atoms with Gasteiger partial charge in [0.25, 0.3) is 0 Å². The molecule has 0 aromatic carbocycles. The van der Waals surface area contributed by atoms with E-state index in [-0.39, 0.29) is 6.04 Å². The molecule has 1 atom stereocenters. The molecule has 0 saturated carbocycles. The molecular formula is C9H18N2O3. The topological polar surface area (TPSA) is 83.6 Å². The summed E-state index contributed by atoms with van der Waals surface area (Å²) >= 11 is 0. The SMILES string of the molecule is CCCC(=O)O.NC1CCN(C=O)C1. The maximum Gasteiger partial charge on any atom is 0.303 e. The third-order valence-corrected chi connectivity index (χ3v) is 1.87. The van der Waals surface area contributed by atoms with Crippen LogP contribution in [0.5, 0.6) is 0 Å². The molecule has 0 radical (unpaired) electrons. The van der Waals surface area contributed by atoms with Crippen molar-refractivity contribution in [3.63, 3.8) is 0 Å². The summed E-state index contributed by atoms with van der Waals surface area (Å²) in [6, 6.07) is 0.222. The number of nitrogens with zero attached hydrogens (tertiary/aromatic N) is 1. The summed E-state index contributed by atoms with van der Waals surface area (Å²) in [5.74, 6) is -0.711. The Balaban J connectivity index is 0.000000255. The van der Waals surface area contributed by atoms with Crippen molar-refractivity contribution in [3.05, 3.63) is 0 Å². The minimum Gasteiger partial charge on any atom is -0.481 e. The van der Waals surface area contributed by atoms with Crippen LogP contribution in [0.4, 0.5) is 0 Å². The monoisotopic (exact) mass is 202 g/mol. The Bertz CT molecular complexity index is 185. The van der Waals surface area contributed by atoms with Gasteiger partial charge in [-0.2, -0.15) is 0 Å². The van der Waals surface area contributed by atoms with Crippen LogP contribution in [0.25, 0.3) is 0 Å². The lowest BCUT2D eigenvalue weighted by molar-refractivity contribution is -0.137. The molecule has 14 heavy (non-hydrogen) atoms. The normalized spacial score (nSPS) is 19.9. The maximum absolute atomic E-state index is 10.0. The van der Waals surface area contributed by atoms with Crippen molar-refractivity contribution in [3.8, 4) is 0 Å². The molecular weight excluding hydrogens is 184 g/mol. The van der Waals surface area contributed by atoms with E-state index in [1.807, 2.05) is 6.92 Å². The molecule has 0 bridgehead atoms. The number of hydrogen-bond donors (Lipinski definition) is 2. The Morgan fingerprint density at radius 3 is 2.50 bits per heavy atom. The average molecular weight is 202 g/mol. The predicted octanol–water partition coefficient (Wildman–Crippen LogP) is 0.0469. The Labute approximate surface area is 83.9 Å². The lowest BCUT2D eigenvalue weighted by atomic mass is 10.3. The van der Waals surface area contributed by atoms with Crippen molar-refractivity contribution >= 4 is 12.4 Å². The fourth-order valence-corrected chi connectivity index (χ4v) is 1.13. The van der Waals surface area contributed by atoms with Crippen molar-refractivity contribution in [1.82, 2.24) is 4.90 Å². The molecule has 3 N–H and O–H groups in total. The fourth-order valence-electron chi connectivity index (χ4n) is 1.13. The molecule has 1 saturated heterocycles. The molecule has 1 aliphatic rings. The van der Waals surface area contributed by atoms with E-state index in [4.69, 9.17) is 10.8 Å². The molecule has 0 aromatic heterocycles. The van der Waals surface area contributed by atoms with E-state index in [9.17, 15) is 9.59 Å². The molecule has 5 heteroatoms. The van der Waals surface area contributed by atoms with Gasteiger partial charge < -0.3 is 15.7 Å². The van der Waals surface area contributed by atoms with Gasteiger partial charge in [0.1, 0.15) is 0 Å². The summed E-state index contributed by atoms with van der Waals surface area (Å²) in [5, 5.41) is 7.91. The highest BCUT2D eigenvalue weighted by atomic mass is 16.4. The van der Waals surface area contributed by atoms with Gasteiger partial charge >= 0.3 is 5.97 Å². The molecule has 0 aliphatic carbocycles. The zero-order valence-corrected chi connectivity index (χ0v) is 8.48. The second-order valence-electron chi connectivity index (χ2n) is 3.29. The molecule has 1 unspecified atom stereocenters. The second kappa shape index (κ2) is 7.32. The van der Waals surface area contributed by atoms with Gasteiger partial charge in [-0.25, -0.2) is 0 Å². The number of aliphatic carboxylic acids is 1. The van der Waals surface area contributed by atoms with Crippen LogP contribution in [0.2, 0.25) is 0 Å². The third kappa shape index (κ3) is 6.42. The number of carbonyl (C=O) groups is 2. The minimum absolute atomic E-state index is 0.222. The number of likely N-dealkylation sites (tertiary alicyclic amines) is 1. The van der Waals surface area contributed by atoms with Gasteiger partial charge in [-0.1, -0.05) is 6.92 Å². The lowest BCUT2D eigenvalue weighted by Crippen LogP contribution is -2.25. The predicted molar refractivity (Wildman–Crippen MR) is 52.8 cm³/mol. The van der Waals surface area contributed by atoms with Crippen molar-refractivity contribution in [2.75, 3.05) is 13.1 Å². The van der Waals surface area contributed by atoms with E-state index in [0.717, 1.165) is 32.3 Å². The first-order chi connectivity index (χ1) is 6.60. The first-order valence-corrected chi connectivity index (χ1v) is 4.76. The van der Waals surface area contributed by atoms with E-state index in [2.05, 4.69) is 0 Å². The number of carbonyl (C=O) groups excluding carboxylic acids is 1. The molecule has 82 valence electrons. The smallest absolute Gasteiger partial charge is 0.303 e. The molecule has 0 spiro atoms. The first kappa shape index (κ1) is 12.9. The van der Waals surface area contributed by atoms with E-state index in [0.29, 0.717) is 6.42 Å². The van der Waals surface area contributed by atoms with Crippen LogP contribution in [-0.4, -0.2) is 41.5 Å². The van der Waals surface area contributed by atoms with Crippen LogP contribution in [0, 0.1) is 0 Å². The molecule has 1 fully saturated rings. The Morgan fingerprint density at radius 2 is 2.36 bits per heavy atom. The summed E-state index contributed by atoms with van der Waals surface area (Å²) in [7, 11) is 0. The van der Waals surface area contributed by atoms with Gasteiger partial charge in [-0.3, -0.25) is 9.59 Å². The summed E-state index contributed by atoms with van der Waals surface area (Å²) in [6.07, 6.45) is 2.83. The van der Waals surface area contributed by atoms with Crippen molar-refractivity contribution < 1.29 is 14.7 Å². The number of hydrogen-bond acceptors (Lipinski definition) is 3. The molecule has 1 amide bonds. The van der Waals surface area contributed by atoms with Crippen LogP contribution in [0.3, 0.4) is 0 Å². The van der Waals surface area contributed by atoms with Crippen LogP contribution < -0.4 is 5.73 Å². The highest BCUT2D eigenvalue weighted by Crippen LogP contribution is 2.02. The average Bonchev–Trinajstić information content (AvgIpc) is 2.52. The molecule has 1 rings (SSSR count). The standard InChI is InChI=1S/C5H10N2O.C4H8O2/c6-5-1-2-7(3-5)4-8;1-2-3-4(5)6/h4-5H,1-3,6H2;2-3H2,1H3,(H,5,6). The van der Waals surface area contributed by atoms with Crippen molar-refractivity contribution in [2.24, 2.45) is 5.73 Å². The molecule has 0 aromatic rings. The fraction of sp³-hybridized carbons (Fsp3) is 0.778. The van der Waals surface area contributed by atoms with Crippen molar-refractivity contribution in [1.29, 1.82) is 0 Å². The van der Waals surface area contributed by atoms with Crippen LogP contribution in [0.1, 0.15) is 26.2 Å². The second-order valence-corrected chi connectivity index (χ2v) is 3.29.